The number of rotatable bonds is 6. The van der Waals surface area contributed by atoms with Gasteiger partial charge in [0.1, 0.15) is 0 Å². The predicted octanol–water partition coefficient (Wildman–Crippen LogP) is 4.11. The van der Waals surface area contributed by atoms with Gasteiger partial charge < -0.3 is 5.32 Å². The Morgan fingerprint density at radius 1 is 1.35 bits per heavy atom. The molecule has 0 aliphatic carbocycles. The zero-order valence-corrected chi connectivity index (χ0v) is 13.1. The Kier molecular flexibility index (Phi) is 5.21. The molecule has 1 N–H and O–H groups in total. The van der Waals surface area contributed by atoms with E-state index in [1.54, 1.807) is 0 Å². The van der Waals surface area contributed by atoms with Crippen LogP contribution in [0.4, 0.5) is 0 Å². The van der Waals surface area contributed by atoms with Gasteiger partial charge in [-0.2, -0.15) is 5.10 Å². The van der Waals surface area contributed by atoms with Gasteiger partial charge in [0.05, 0.1) is 6.20 Å². The van der Waals surface area contributed by atoms with E-state index in [0.29, 0.717) is 6.04 Å². The molecule has 1 heterocycles. The van der Waals surface area contributed by atoms with Gasteiger partial charge in [-0.1, -0.05) is 38.4 Å². The molecule has 0 spiro atoms. The number of hydrogen-bond donors (Lipinski definition) is 1. The fraction of sp³-hybridized carbons (Fsp3) is 0.438. The van der Waals surface area contributed by atoms with E-state index in [-0.39, 0.29) is 0 Å². The number of nitrogens with one attached hydrogen (secondary N) is 1. The minimum Gasteiger partial charge on any atom is -0.310 e. The van der Waals surface area contributed by atoms with Crippen molar-refractivity contribution in [2.45, 2.75) is 46.3 Å². The maximum Gasteiger partial charge on any atom is 0.0568 e. The highest BCUT2D eigenvalue weighted by atomic mass is 35.5. The fourth-order valence-electron chi connectivity index (χ4n) is 2.16. The third kappa shape index (κ3) is 3.84. The summed E-state index contributed by atoms with van der Waals surface area (Å²) in [4.78, 5) is 0. The first-order chi connectivity index (χ1) is 9.60. The average Bonchev–Trinajstić information content (AvgIpc) is 2.85. The summed E-state index contributed by atoms with van der Waals surface area (Å²) in [6.07, 6.45) is 5.12. The molecule has 0 radical (unpaired) electrons. The van der Waals surface area contributed by atoms with Crippen molar-refractivity contribution >= 4 is 11.6 Å². The standard InChI is InChI=1S/C16H22ClN3/c1-4-7-20-11-14(10-19-20)16-6-5-15(17)8-13(16)9-18-12(2)3/h5-6,8,10-12,18H,4,7,9H2,1-3H3. The van der Waals surface area contributed by atoms with Crippen LogP contribution in [-0.2, 0) is 13.1 Å². The van der Waals surface area contributed by atoms with Crippen molar-refractivity contribution in [2.75, 3.05) is 0 Å². The molecule has 0 saturated heterocycles. The van der Waals surface area contributed by atoms with E-state index in [1.807, 2.05) is 23.0 Å². The number of hydrogen-bond acceptors (Lipinski definition) is 2. The Bertz CT molecular complexity index is 561. The van der Waals surface area contributed by atoms with Crippen LogP contribution < -0.4 is 5.32 Å². The molecule has 0 atom stereocenters. The van der Waals surface area contributed by atoms with Crippen LogP contribution in [0.15, 0.2) is 30.6 Å². The summed E-state index contributed by atoms with van der Waals surface area (Å²) >= 11 is 6.13. The SMILES string of the molecule is CCCn1cc(-c2ccc(Cl)cc2CNC(C)C)cn1. The summed E-state index contributed by atoms with van der Waals surface area (Å²) in [6.45, 7) is 8.20. The molecule has 0 aliphatic heterocycles. The molecule has 0 aliphatic rings. The van der Waals surface area contributed by atoms with Gasteiger partial charge in [-0.25, -0.2) is 0 Å². The quantitative estimate of drug-likeness (QED) is 0.868. The van der Waals surface area contributed by atoms with Crippen LogP contribution in [-0.4, -0.2) is 15.8 Å². The number of aryl methyl sites for hydroxylation is 1. The molecule has 1 aromatic carbocycles. The average molecular weight is 292 g/mol. The Hall–Kier alpha value is -1.32. The van der Waals surface area contributed by atoms with Crippen molar-refractivity contribution in [3.05, 3.63) is 41.2 Å². The predicted molar refractivity (Wildman–Crippen MR) is 84.9 cm³/mol. The molecular weight excluding hydrogens is 270 g/mol. The number of benzene rings is 1. The van der Waals surface area contributed by atoms with Gasteiger partial charge in [0.15, 0.2) is 0 Å². The lowest BCUT2D eigenvalue weighted by Gasteiger charge is -2.12. The number of aromatic nitrogens is 2. The summed E-state index contributed by atoms with van der Waals surface area (Å²) in [6, 6.07) is 6.49. The van der Waals surface area contributed by atoms with E-state index < -0.39 is 0 Å². The monoisotopic (exact) mass is 291 g/mol. The molecule has 3 nitrogen and oxygen atoms in total. The zero-order chi connectivity index (χ0) is 14.5. The lowest BCUT2D eigenvalue weighted by atomic mass is 10.0. The Labute approximate surface area is 126 Å². The summed E-state index contributed by atoms with van der Waals surface area (Å²) < 4.78 is 1.99. The first-order valence-electron chi connectivity index (χ1n) is 7.14. The van der Waals surface area contributed by atoms with Crippen LogP contribution >= 0.6 is 11.6 Å². The van der Waals surface area contributed by atoms with E-state index in [9.17, 15) is 0 Å². The molecular formula is C16H22ClN3. The highest BCUT2D eigenvalue weighted by Crippen LogP contribution is 2.26. The molecule has 0 fully saturated rings. The molecule has 0 amide bonds. The molecule has 2 aromatic rings. The molecule has 4 heteroatoms. The van der Waals surface area contributed by atoms with Gasteiger partial charge >= 0.3 is 0 Å². The second kappa shape index (κ2) is 6.91. The van der Waals surface area contributed by atoms with Gasteiger partial charge in [0.2, 0.25) is 0 Å². The lowest BCUT2D eigenvalue weighted by molar-refractivity contribution is 0.589. The Morgan fingerprint density at radius 3 is 2.85 bits per heavy atom. The Balaban J connectivity index is 2.28. The summed E-state index contributed by atoms with van der Waals surface area (Å²) in [7, 11) is 0. The molecule has 20 heavy (non-hydrogen) atoms. The van der Waals surface area contributed by atoms with Crippen LogP contribution in [0.5, 0.6) is 0 Å². The molecule has 1 aromatic heterocycles. The van der Waals surface area contributed by atoms with E-state index in [0.717, 1.165) is 30.1 Å². The first-order valence-corrected chi connectivity index (χ1v) is 7.52. The third-order valence-electron chi connectivity index (χ3n) is 3.17. The van der Waals surface area contributed by atoms with Crippen molar-refractivity contribution in [3.8, 4) is 11.1 Å². The van der Waals surface area contributed by atoms with Gasteiger partial charge in [0.25, 0.3) is 0 Å². The second-order valence-electron chi connectivity index (χ2n) is 5.33. The normalized spacial score (nSPS) is 11.2. The largest absolute Gasteiger partial charge is 0.310 e. The van der Waals surface area contributed by atoms with E-state index >= 15 is 0 Å². The minimum absolute atomic E-state index is 0.449. The van der Waals surface area contributed by atoms with E-state index in [2.05, 4.69) is 43.4 Å². The molecule has 0 unspecified atom stereocenters. The second-order valence-corrected chi connectivity index (χ2v) is 5.77. The van der Waals surface area contributed by atoms with Crippen LogP contribution in [0.25, 0.3) is 11.1 Å². The van der Waals surface area contributed by atoms with E-state index in [4.69, 9.17) is 11.6 Å². The number of halogens is 1. The Morgan fingerprint density at radius 2 is 2.15 bits per heavy atom. The van der Waals surface area contributed by atoms with Crippen molar-refractivity contribution in [3.63, 3.8) is 0 Å². The lowest BCUT2D eigenvalue weighted by Crippen LogP contribution is -2.22. The zero-order valence-electron chi connectivity index (χ0n) is 12.4. The maximum atomic E-state index is 6.13. The van der Waals surface area contributed by atoms with Crippen LogP contribution in [0, 0.1) is 0 Å². The highest BCUT2D eigenvalue weighted by molar-refractivity contribution is 6.30. The summed E-state index contributed by atoms with van der Waals surface area (Å²) in [5, 5.41) is 8.62. The maximum absolute atomic E-state index is 6.13. The van der Waals surface area contributed by atoms with Gasteiger partial charge in [-0.05, 0) is 29.7 Å². The van der Waals surface area contributed by atoms with Crippen molar-refractivity contribution in [1.82, 2.24) is 15.1 Å². The van der Waals surface area contributed by atoms with Crippen molar-refractivity contribution < 1.29 is 0 Å². The topological polar surface area (TPSA) is 29.9 Å². The molecule has 2 rings (SSSR count). The fourth-order valence-corrected chi connectivity index (χ4v) is 2.35. The molecule has 0 bridgehead atoms. The highest BCUT2D eigenvalue weighted by Gasteiger charge is 2.09. The van der Waals surface area contributed by atoms with Crippen molar-refractivity contribution in [1.29, 1.82) is 0 Å². The van der Waals surface area contributed by atoms with E-state index in [1.165, 1.54) is 11.1 Å². The van der Waals surface area contributed by atoms with Gasteiger partial charge in [-0.3, -0.25) is 4.68 Å². The van der Waals surface area contributed by atoms with Gasteiger partial charge in [-0.15, -0.1) is 0 Å². The smallest absolute Gasteiger partial charge is 0.0568 e. The van der Waals surface area contributed by atoms with Crippen LogP contribution in [0.3, 0.4) is 0 Å². The minimum atomic E-state index is 0.449. The summed E-state index contributed by atoms with van der Waals surface area (Å²) in [5.74, 6) is 0. The molecule has 0 saturated carbocycles. The first kappa shape index (κ1) is 15.1. The van der Waals surface area contributed by atoms with Crippen LogP contribution in [0.1, 0.15) is 32.8 Å². The third-order valence-corrected chi connectivity index (χ3v) is 3.40. The number of nitrogens with zero attached hydrogens (tertiary/aromatic N) is 2. The van der Waals surface area contributed by atoms with Crippen molar-refractivity contribution in [2.24, 2.45) is 0 Å². The van der Waals surface area contributed by atoms with Gasteiger partial charge in [0, 0.05) is 35.9 Å². The molecule has 108 valence electrons. The summed E-state index contributed by atoms with van der Waals surface area (Å²) in [5.41, 5.74) is 3.56. The van der Waals surface area contributed by atoms with Crippen LogP contribution in [0.2, 0.25) is 5.02 Å².